The molecule has 0 spiro atoms. The van der Waals surface area contributed by atoms with Gasteiger partial charge >= 0.3 is 5.97 Å². The number of amides is 4. The highest BCUT2D eigenvalue weighted by atomic mass is 35.5. The van der Waals surface area contributed by atoms with Crippen LogP contribution in [0.25, 0.3) is 0 Å². The average molecular weight is 764 g/mol. The van der Waals surface area contributed by atoms with Gasteiger partial charge in [0.25, 0.3) is 17.7 Å². The van der Waals surface area contributed by atoms with E-state index in [0.717, 1.165) is 11.3 Å². The van der Waals surface area contributed by atoms with Crippen molar-refractivity contribution in [2.45, 2.75) is 30.0 Å². The number of rotatable bonds is 13. The first-order valence-electron chi connectivity index (χ1n) is 15.5. The third kappa shape index (κ3) is 6.78. The first-order chi connectivity index (χ1) is 24.4. The number of nitrogens with zero attached hydrogens (tertiary/aromatic N) is 5. The van der Waals surface area contributed by atoms with Crippen molar-refractivity contribution in [3.8, 4) is 11.5 Å². The van der Waals surface area contributed by atoms with Gasteiger partial charge in [-0.1, -0.05) is 16.8 Å². The summed E-state index contributed by atoms with van der Waals surface area (Å²) in [6.45, 7) is 2.21. The molecule has 0 unspecified atom stereocenters. The number of aliphatic carboxylic acids is 1. The molecule has 2 aromatic rings. The normalized spacial score (nSPS) is 24.7. The van der Waals surface area contributed by atoms with Gasteiger partial charge in [0, 0.05) is 23.1 Å². The van der Waals surface area contributed by atoms with E-state index in [0.29, 0.717) is 61.9 Å². The van der Waals surface area contributed by atoms with Crippen LogP contribution in [0.1, 0.15) is 22.5 Å². The van der Waals surface area contributed by atoms with Crippen molar-refractivity contribution in [3.63, 3.8) is 0 Å². The third-order valence-electron chi connectivity index (χ3n) is 9.25. The first-order valence-corrected chi connectivity index (χ1v) is 17.8. The maximum absolute atomic E-state index is 13.5. The average Bonchev–Trinajstić information content (AvgIpc) is 3.69. The summed E-state index contributed by atoms with van der Waals surface area (Å²) in [6.07, 6.45) is 0.161. The van der Waals surface area contributed by atoms with Gasteiger partial charge in [0.2, 0.25) is 6.41 Å². The zero-order chi connectivity index (χ0) is 36.6. The molecule has 4 aliphatic rings. The van der Waals surface area contributed by atoms with Crippen LogP contribution in [0.4, 0.5) is 5.13 Å². The molecule has 4 aliphatic heterocycles. The van der Waals surface area contributed by atoms with Crippen molar-refractivity contribution in [3.05, 3.63) is 45.1 Å². The topological polar surface area (TPSA) is 254 Å². The predicted molar refractivity (Wildman–Crippen MR) is 182 cm³/mol. The molecule has 2 bridgehead atoms. The highest BCUT2D eigenvalue weighted by Crippen LogP contribution is 2.43. The fraction of sp³-hybridized carbons (Fsp3) is 0.400. The van der Waals surface area contributed by atoms with E-state index in [-0.39, 0.29) is 57.1 Å². The van der Waals surface area contributed by atoms with E-state index in [9.17, 15) is 44.1 Å². The highest BCUT2D eigenvalue weighted by Gasteiger charge is 2.56. The Labute approximate surface area is 302 Å². The Morgan fingerprint density at radius 1 is 1.25 bits per heavy atom. The molecule has 7 N–H and O–H groups in total. The van der Waals surface area contributed by atoms with Crippen LogP contribution in [-0.2, 0) is 28.8 Å². The molecule has 270 valence electrons. The monoisotopic (exact) mass is 763 g/mol. The Morgan fingerprint density at radius 2 is 2.04 bits per heavy atom. The predicted octanol–water partition coefficient (Wildman–Crippen LogP) is -0.692. The molecule has 18 nitrogen and oxygen atoms in total. The molecule has 0 saturated carbocycles. The van der Waals surface area contributed by atoms with E-state index in [1.165, 1.54) is 34.2 Å². The molecule has 6 rings (SSSR count). The van der Waals surface area contributed by atoms with Crippen LogP contribution in [-0.4, -0.2) is 145 Å². The minimum Gasteiger partial charge on any atom is -0.504 e. The number of nitrogens with two attached hydrogens (primary N) is 1. The SMILES string of the molecule is Nc1nc(/C(=N/O[C@H](C=O)CNC=O)C(=O)N[C@@H]2C(=O)N3C(C(=O)O)=C(C[N@@+]45CC[C@@H](C4)N(C(=O)c4ccc(O)c(O)c4Cl)CC5)CS[C@H]23)cs1. The largest absolute Gasteiger partial charge is 0.504 e. The van der Waals surface area contributed by atoms with Crippen LogP contribution < -0.4 is 16.4 Å². The Bertz CT molecular complexity index is 1870. The second-order valence-electron chi connectivity index (χ2n) is 12.3. The van der Waals surface area contributed by atoms with Gasteiger partial charge in [0.05, 0.1) is 49.4 Å². The molecule has 0 radical (unpaired) electrons. The number of thiazole rings is 1. The Hall–Kier alpha value is -4.92. The lowest BCUT2D eigenvalue weighted by molar-refractivity contribution is -0.916. The number of thioether (sulfide) groups is 1. The number of aromatic hydroxyl groups is 2. The van der Waals surface area contributed by atoms with Gasteiger partial charge in [-0.2, -0.15) is 0 Å². The molecular weight excluding hydrogens is 732 g/mol. The van der Waals surface area contributed by atoms with Gasteiger partial charge in [-0.25, -0.2) is 9.78 Å². The smallest absolute Gasteiger partial charge is 0.352 e. The fourth-order valence-corrected chi connectivity index (χ4v) is 8.92. The van der Waals surface area contributed by atoms with E-state index in [2.05, 4.69) is 20.8 Å². The highest BCUT2D eigenvalue weighted by molar-refractivity contribution is 8.00. The van der Waals surface area contributed by atoms with Crippen LogP contribution >= 0.6 is 34.7 Å². The van der Waals surface area contributed by atoms with E-state index in [1.54, 1.807) is 4.90 Å². The number of aromatic nitrogens is 1. The van der Waals surface area contributed by atoms with E-state index >= 15 is 0 Å². The lowest BCUT2D eigenvalue weighted by Crippen LogP contribution is -2.71. The van der Waals surface area contributed by atoms with Crippen LogP contribution in [0.3, 0.4) is 0 Å². The van der Waals surface area contributed by atoms with Crippen LogP contribution in [0.5, 0.6) is 11.5 Å². The number of aldehydes is 1. The van der Waals surface area contributed by atoms with E-state index in [1.807, 2.05) is 0 Å². The number of carbonyl (C=O) groups excluding carboxylic acids is 5. The quantitative estimate of drug-likeness (QED) is 0.0369. The zero-order valence-corrected chi connectivity index (χ0v) is 28.9. The molecule has 4 amide bonds. The van der Waals surface area contributed by atoms with Gasteiger partial charge in [0.1, 0.15) is 29.4 Å². The number of nitrogen functional groups attached to an aromatic ring is 1. The number of fused-ring (bicyclic) bond motifs is 3. The van der Waals surface area contributed by atoms with Gasteiger partial charge in [-0.3, -0.25) is 28.9 Å². The van der Waals surface area contributed by atoms with Crippen LogP contribution in [0.2, 0.25) is 5.02 Å². The summed E-state index contributed by atoms with van der Waals surface area (Å²) in [5.41, 5.74) is 5.85. The van der Waals surface area contributed by atoms with Gasteiger partial charge in [-0.05, 0) is 12.1 Å². The molecule has 0 aliphatic carbocycles. The van der Waals surface area contributed by atoms with E-state index < -0.39 is 46.8 Å². The number of phenols is 2. The number of carboxylic acid groups (broad SMARTS) is 1. The van der Waals surface area contributed by atoms with Gasteiger partial charge in [-0.15, -0.1) is 23.1 Å². The number of piperazine rings is 1. The minimum absolute atomic E-state index is 0.0141. The van der Waals surface area contributed by atoms with Crippen LogP contribution in [0.15, 0.2) is 33.9 Å². The number of hydrogen-bond donors (Lipinski definition) is 6. The van der Waals surface area contributed by atoms with Crippen molar-refractivity contribution in [2.75, 3.05) is 50.8 Å². The number of hydrogen-bond acceptors (Lipinski definition) is 14. The number of anilines is 1. The number of carboxylic acids is 1. The molecular formula is C30H32ClN8O10S2+. The number of phenolic OH excluding ortho intramolecular Hbond substituents is 2. The van der Waals surface area contributed by atoms with Crippen molar-refractivity contribution >= 4 is 81.9 Å². The summed E-state index contributed by atoms with van der Waals surface area (Å²) in [5, 5.41) is 39.3. The molecule has 1 aromatic carbocycles. The number of nitrogens with one attached hydrogen (secondary N) is 2. The summed E-state index contributed by atoms with van der Waals surface area (Å²) < 4.78 is 0.517. The number of quaternary nitrogens is 1. The van der Waals surface area contributed by atoms with Crippen molar-refractivity contribution in [1.82, 2.24) is 25.4 Å². The summed E-state index contributed by atoms with van der Waals surface area (Å²) in [5.74, 6) is -3.91. The molecule has 3 saturated heterocycles. The first kappa shape index (κ1) is 35.9. The van der Waals surface area contributed by atoms with Crippen molar-refractivity contribution < 1.29 is 53.4 Å². The zero-order valence-electron chi connectivity index (χ0n) is 26.6. The van der Waals surface area contributed by atoms with E-state index in [4.69, 9.17) is 22.2 Å². The van der Waals surface area contributed by atoms with Crippen LogP contribution in [0, 0.1) is 0 Å². The number of halogens is 1. The second-order valence-corrected chi connectivity index (χ2v) is 14.7. The molecule has 21 heteroatoms. The van der Waals surface area contributed by atoms with Gasteiger partial charge < -0.3 is 45.9 Å². The summed E-state index contributed by atoms with van der Waals surface area (Å²) >= 11 is 8.48. The summed E-state index contributed by atoms with van der Waals surface area (Å²) in [4.78, 5) is 86.9. The lowest BCUT2D eigenvalue weighted by atomic mass is 10.0. The third-order valence-corrected chi connectivity index (χ3v) is 11.6. The molecule has 5 atom stereocenters. The summed E-state index contributed by atoms with van der Waals surface area (Å²) in [7, 11) is 0. The maximum Gasteiger partial charge on any atom is 0.352 e. The Kier molecular flexibility index (Phi) is 10.1. The molecule has 5 heterocycles. The molecule has 51 heavy (non-hydrogen) atoms. The number of β-lactam (4-membered cyclic amide) rings is 1. The number of carbonyl (C=O) groups is 6. The Morgan fingerprint density at radius 3 is 2.73 bits per heavy atom. The second kappa shape index (κ2) is 14.4. The molecule has 1 aromatic heterocycles. The molecule has 3 fully saturated rings. The number of benzene rings is 1. The number of oxime groups is 1. The minimum atomic E-state index is -1.28. The fourth-order valence-electron chi connectivity index (χ4n) is 6.79. The lowest BCUT2D eigenvalue weighted by Gasteiger charge is -2.50. The standard InChI is InChI=1S/C30H31ClN8O10S2/c31-20-17(1-2-19(42)24(20)43)26(45)37-4-6-39(5-3-15(37)9-39)8-14-11-50-28-22(27(46)38(28)23(14)29(47)48)35-25(44)21(18-12-51-30(32)34-18)36-49-16(10-40)7-33-13-41/h1-2,10,12-13,15-16,22,28H,3-9,11H2,(H6-,32,33,34,35,36,41,42,43,44,45,47,48)/p+1/t15-,16-,22+,28+,39-/m0/s1. The maximum atomic E-state index is 13.5. The van der Waals surface area contributed by atoms with Crippen molar-refractivity contribution in [1.29, 1.82) is 0 Å². The summed E-state index contributed by atoms with van der Waals surface area (Å²) in [6, 6.07) is 1.29. The van der Waals surface area contributed by atoms with Gasteiger partial charge in [0.15, 0.2) is 34.7 Å². The Balaban J connectivity index is 1.15. The van der Waals surface area contributed by atoms with Crippen molar-refractivity contribution in [2.24, 2.45) is 5.16 Å².